The monoisotopic (exact) mass is 360 g/mol. The SMILES string of the molecule is CO[C@H]1CCOC[C@@H]1NC1CCN(c2ncc3ccc(F)cc3n2)CC1. The van der Waals surface area contributed by atoms with Gasteiger partial charge < -0.3 is 19.7 Å². The first-order valence-corrected chi connectivity index (χ1v) is 9.27. The first kappa shape index (κ1) is 17.6. The number of methoxy groups -OCH3 is 1. The van der Waals surface area contributed by atoms with Gasteiger partial charge in [-0.15, -0.1) is 0 Å². The van der Waals surface area contributed by atoms with Crippen molar-refractivity contribution < 1.29 is 13.9 Å². The van der Waals surface area contributed by atoms with E-state index in [9.17, 15) is 4.39 Å². The molecule has 6 nitrogen and oxygen atoms in total. The smallest absolute Gasteiger partial charge is 0.225 e. The molecule has 140 valence electrons. The van der Waals surface area contributed by atoms with Gasteiger partial charge in [-0.2, -0.15) is 0 Å². The average Bonchev–Trinajstić information content (AvgIpc) is 2.68. The molecule has 1 N–H and O–H groups in total. The molecule has 2 atom stereocenters. The fraction of sp³-hybridized carbons (Fsp3) is 0.579. The van der Waals surface area contributed by atoms with Crippen LogP contribution in [0.4, 0.5) is 10.3 Å². The first-order valence-electron chi connectivity index (χ1n) is 9.27. The maximum atomic E-state index is 13.4. The van der Waals surface area contributed by atoms with Crippen LogP contribution in [0.25, 0.3) is 10.9 Å². The Morgan fingerprint density at radius 1 is 1.27 bits per heavy atom. The van der Waals surface area contributed by atoms with E-state index in [1.54, 1.807) is 19.4 Å². The van der Waals surface area contributed by atoms with Crippen molar-refractivity contribution in [1.82, 2.24) is 15.3 Å². The lowest BCUT2D eigenvalue weighted by atomic mass is 10.0. The number of halogens is 1. The third-order valence-corrected chi connectivity index (χ3v) is 5.36. The fourth-order valence-electron chi connectivity index (χ4n) is 3.84. The molecule has 0 bridgehead atoms. The molecule has 1 aromatic heterocycles. The molecule has 2 fully saturated rings. The fourth-order valence-corrected chi connectivity index (χ4v) is 3.84. The molecule has 26 heavy (non-hydrogen) atoms. The highest BCUT2D eigenvalue weighted by atomic mass is 19.1. The van der Waals surface area contributed by atoms with Crippen LogP contribution in [0.15, 0.2) is 24.4 Å². The number of anilines is 1. The molecule has 2 saturated heterocycles. The van der Waals surface area contributed by atoms with Gasteiger partial charge in [0.15, 0.2) is 0 Å². The molecule has 0 amide bonds. The summed E-state index contributed by atoms with van der Waals surface area (Å²) in [5, 5.41) is 4.56. The summed E-state index contributed by atoms with van der Waals surface area (Å²) in [7, 11) is 1.77. The van der Waals surface area contributed by atoms with E-state index in [4.69, 9.17) is 9.47 Å². The van der Waals surface area contributed by atoms with Crippen LogP contribution in [0.2, 0.25) is 0 Å². The van der Waals surface area contributed by atoms with E-state index in [0.717, 1.165) is 44.3 Å². The van der Waals surface area contributed by atoms with Crippen molar-refractivity contribution >= 4 is 16.9 Å². The lowest BCUT2D eigenvalue weighted by Crippen LogP contribution is -2.54. The number of benzene rings is 1. The number of rotatable bonds is 4. The third kappa shape index (κ3) is 3.79. The standard InChI is InChI=1S/C19H25FN4O2/c1-25-18-6-9-26-12-17(18)22-15-4-7-24(8-5-15)19-21-11-13-2-3-14(20)10-16(13)23-19/h2-3,10-11,15,17-18,22H,4-9,12H2,1H3/t17-,18-/m0/s1. The highest BCUT2D eigenvalue weighted by Gasteiger charge is 2.29. The Balaban J connectivity index is 1.37. The largest absolute Gasteiger partial charge is 0.380 e. The number of piperidine rings is 1. The Bertz CT molecular complexity index is 751. The third-order valence-electron chi connectivity index (χ3n) is 5.36. The number of hydrogen-bond donors (Lipinski definition) is 1. The summed E-state index contributed by atoms with van der Waals surface area (Å²) in [5.74, 6) is 0.407. The van der Waals surface area contributed by atoms with Crippen LogP contribution in [-0.4, -0.2) is 61.6 Å². The van der Waals surface area contributed by atoms with E-state index >= 15 is 0 Å². The van der Waals surface area contributed by atoms with Crippen LogP contribution in [0.3, 0.4) is 0 Å². The molecule has 4 rings (SSSR count). The second-order valence-corrected chi connectivity index (χ2v) is 7.05. The number of hydrogen-bond acceptors (Lipinski definition) is 6. The van der Waals surface area contributed by atoms with Gasteiger partial charge in [-0.3, -0.25) is 0 Å². The molecule has 0 aliphatic carbocycles. The van der Waals surface area contributed by atoms with Crippen LogP contribution in [0.1, 0.15) is 19.3 Å². The van der Waals surface area contributed by atoms with Gasteiger partial charge in [-0.25, -0.2) is 14.4 Å². The van der Waals surface area contributed by atoms with E-state index in [0.29, 0.717) is 24.1 Å². The minimum Gasteiger partial charge on any atom is -0.380 e. The van der Waals surface area contributed by atoms with Gasteiger partial charge >= 0.3 is 0 Å². The molecule has 3 heterocycles. The van der Waals surface area contributed by atoms with Gasteiger partial charge in [0.2, 0.25) is 5.95 Å². The van der Waals surface area contributed by atoms with E-state index < -0.39 is 0 Å². The second kappa shape index (κ2) is 7.82. The summed E-state index contributed by atoms with van der Waals surface area (Å²) >= 11 is 0. The highest BCUT2D eigenvalue weighted by Crippen LogP contribution is 2.21. The quantitative estimate of drug-likeness (QED) is 0.901. The van der Waals surface area contributed by atoms with E-state index in [-0.39, 0.29) is 18.0 Å². The highest BCUT2D eigenvalue weighted by molar-refractivity contribution is 5.78. The van der Waals surface area contributed by atoms with Gasteiger partial charge in [0.25, 0.3) is 0 Å². The molecule has 2 aromatic rings. The van der Waals surface area contributed by atoms with Gasteiger partial charge in [-0.05, 0) is 31.4 Å². The maximum Gasteiger partial charge on any atom is 0.225 e. The van der Waals surface area contributed by atoms with Gasteiger partial charge in [0.1, 0.15) is 5.82 Å². The number of ether oxygens (including phenoxy) is 2. The number of nitrogens with one attached hydrogen (secondary N) is 1. The minimum atomic E-state index is -0.271. The summed E-state index contributed by atoms with van der Waals surface area (Å²) in [6.45, 7) is 3.24. The van der Waals surface area contributed by atoms with Crippen LogP contribution in [0.5, 0.6) is 0 Å². The predicted octanol–water partition coefficient (Wildman–Crippen LogP) is 2.13. The Labute approximate surface area is 152 Å². The molecule has 2 aliphatic heterocycles. The zero-order valence-corrected chi connectivity index (χ0v) is 15.0. The molecule has 0 spiro atoms. The zero-order valence-electron chi connectivity index (χ0n) is 15.0. The summed E-state index contributed by atoms with van der Waals surface area (Å²) in [6, 6.07) is 5.30. The van der Waals surface area contributed by atoms with Crippen molar-refractivity contribution in [2.24, 2.45) is 0 Å². The topological polar surface area (TPSA) is 59.5 Å². The van der Waals surface area contributed by atoms with E-state index in [1.807, 2.05) is 0 Å². The molecular weight excluding hydrogens is 335 g/mol. The molecule has 2 aliphatic rings. The molecule has 7 heteroatoms. The van der Waals surface area contributed by atoms with Gasteiger partial charge in [-0.1, -0.05) is 0 Å². The van der Waals surface area contributed by atoms with Gasteiger partial charge in [0.05, 0.1) is 24.3 Å². The van der Waals surface area contributed by atoms with Crippen molar-refractivity contribution in [2.45, 2.75) is 37.5 Å². The number of aromatic nitrogens is 2. The Kier molecular flexibility index (Phi) is 5.28. The number of fused-ring (bicyclic) bond motifs is 1. The maximum absolute atomic E-state index is 13.4. The van der Waals surface area contributed by atoms with Crippen LogP contribution in [0, 0.1) is 5.82 Å². The van der Waals surface area contributed by atoms with Crippen molar-refractivity contribution in [3.05, 3.63) is 30.2 Å². The molecule has 0 saturated carbocycles. The van der Waals surface area contributed by atoms with Crippen LogP contribution in [-0.2, 0) is 9.47 Å². The number of nitrogens with zero attached hydrogens (tertiary/aromatic N) is 3. The zero-order chi connectivity index (χ0) is 17.9. The Morgan fingerprint density at radius 2 is 2.12 bits per heavy atom. The normalized spacial score (nSPS) is 24.9. The minimum absolute atomic E-state index is 0.223. The molecule has 1 aromatic carbocycles. The average molecular weight is 360 g/mol. The summed E-state index contributed by atoms with van der Waals surface area (Å²) in [6.07, 6.45) is 4.95. The predicted molar refractivity (Wildman–Crippen MR) is 97.9 cm³/mol. The first-order chi connectivity index (χ1) is 12.7. The van der Waals surface area contributed by atoms with Crippen LogP contribution >= 0.6 is 0 Å². The van der Waals surface area contributed by atoms with Crippen molar-refractivity contribution in [1.29, 1.82) is 0 Å². The summed E-state index contributed by atoms with van der Waals surface area (Å²) < 4.78 is 24.6. The Morgan fingerprint density at radius 3 is 2.92 bits per heavy atom. The van der Waals surface area contributed by atoms with Crippen LogP contribution < -0.4 is 10.2 Å². The second-order valence-electron chi connectivity index (χ2n) is 7.05. The summed E-state index contributed by atoms with van der Waals surface area (Å²) in [5.41, 5.74) is 0.650. The van der Waals surface area contributed by atoms with E-state index in [2.05, 4.69) is 20.2 Å². The molecule has 0 radical (unpaired) electrons. The van der Waals surface area contributed by atoms with Crippen molar-refractivity contribution in [3.8, 4) is 0 Å². The Hall–Kier alpha value is -1.83. The lowest BCUT2D eigenvalue weighted by Gasteiger charge is -2.38. The molecule has 0 unspecified atom stereocenters. The van der Waals surface area contributed by atoms with Crippen molar-refractivity contribution in [3.63, 3.8) is 0 Å². The van der Waals surface area contributed by atoms with Gasteiger partial charge in [0, 0.05) is 50.5 Å². The van der Waals surface area contributed by atoms with Crippen molar-refractivity contribution in [2.75, 3.05) is 38.3 Å². The molecular formula is C19H25FN4O2. The summed E-state index contributed by atoms with van der Waals surface area (Å²) in [4.78, 5) is 11.2. The lowest BCUT2D eigenvalue weighted by molar-refractivity contribution is -0.0406. The van der Waals surface area contributed by atoms with E-state index in [1.165, 1.54) is 12.1 Å².